The van der Waals surface area contributed by atoms with E-state index in [1.54, 1.807) is 0 Å². The fourth-order valence-corrected chi connectivity index (χ4v) is 2.91. The molecule has 0 spiro atoms. The summed E-state index contributed by atoms with van der Waals surface area (Å²) in [6.45, 7) is 0. The molecule has 1 saturated heterocycles. The van der Waals surface area contributed by atoms with Crippen molar-refractivity contribution in [2.45, 2.75) is 53.3 Å². The molecule has 1 aliphatic rings. The molecule has 0 atom stereocenters. The van der Waals surface area contributed by atoms with Crippen LogP contribution >= 0.6 is 15.9 Å². The molecule has 202 valence electrons. The van der Waals surface area contributed by atoms with Crippen molar-refractivity contribution in [2.24, 2.45) is 0 Å². The van der Waals surface area contributed by atoms with E-state index >= 15 is 0 Å². The Morgan fingerprint density at radius 2 is 0.800 bits per heavy atom. The average molecular weight is 617 g/mol. The van der Waals surface area contributed by atoms with Gasteiger partial charge in [-0.25, -0.2) is 10.9 Å². The molecule has 0 amide bonds. The first-order chi connectivity index (χ1) is 15.2. The van der Waals surface area contributed by atoms with Gasteiger partial charge in [0.1, 0.15) is 0 Å². The van der Waals surface area contributed by atoms with Gasteiger partial charge in [-0.1, -0.05) is 28.1 Å². The predicted octanol–water partition coefficient (Wildman–Crippen LogP) is 6.72. The fraction of sp³-hybridized carbons (Fsp3) is 0.600. The minimum Gasteiger partial charge on any atom is -0.225 e. The summed E-state index contributed by atoms with van der Waals surface area (Å²) in [5, 5.41) is 0. The van der Waals surface area contributed by atoms with Crippen molar-refractivity contribution in [1.82, 2.24) is 10.9 Å². The first-order valence-corrected chi connectivity index (χ1v) is 9.02. The maximum atomic E-state index is 14.5. The van der Waals surface area contributed by atoms with Gasteiger partial charge in [0.15, 0.2) is 5.66 Å². The highest BCUT2D eigenvalue weighted by Gasteiger charge is 2.96. The van der Waals surface area contributed by atoms with E-state index in [0.717, 1.165) is 12.1 Å². The van der Waals surface area contributed by atoms with Crippen molar-refractivity contribution in [3.63, 3.8) is 0 Å². The highest BCUT2D eigenvalue weighted by Crippen LogP contribution is 2.65. The molecular weight excluding hydrogens is 611 g/mol. The van der Waals surface area contributed by atoms with Crippen LogP contribution in [0.15, 0.2) is 28.7 Å². The van der Waals surface area contributed by atoms with Crippen LogP contribution in [0.3, 0.4) is 0 Å². The largest absolute Gasteiger partial charge is 0.460 e. The highest BCUT2D eigenvalue weighted by atomic mass is 79.9. The van der Waals surface area contributed by atoms with Crippen LogP contribution < -0.4 is 10.9 Å². The molecule has 0 saturated carbocycles. The minimum absolute atomic E-state index is 0.0662. The van der Waals surface area contributed by atoms with E-state index in [1.807, 2.05) is 0 Å². The van der Waals surface area contributed by atoms with Crippen LogP contribution in [0.25, 0.3) is 0 Å². The second-order valence-corrected chi connectivity index (χ2v) is 7.94. The van der Waals surface area contributed by atoms with E-state index in [-0.39, 0.29) is 4.47 Å². The van der Waals surface area contributed by atoms with Crippen molar-refractivity contribution in [3.05, 3.63) is 34.3 Å². The second kappa shape index (κ2) is 7.72. The van der Waals surface area contributed by atoms with Gasteiger partial charge in [-0.05, 0) is 17.7 Å². The molecule has 1 aromatic carbocycles. The Balaban J connectivity index is 2.64. The lowest BCUT2D eigenvalue weighted by atomic mass is 9.84. The van der Waals surface area contributed by atoms with E-state index in [9.17, 15) is 74.6 Å². The summed E-state index contributed by atoms with van der Waals surface area (Å²) >= 11 is 2.76. The third-order valence-corrected chi connectivity index (χ3v) is 5.37. The lowest BCUT2D eigenvalue weighted by molar-refractivity contribution is -0.463. The average Bonchev–Trinajstić information content (AvgIpc) is 3.49. The van der Waals surface area contributed by atoms with Crippen molar-refractivity contribution in [3.8, 4) is 0 Å². The van der Waals surface area contributed by atoms with Gasteiger partial charge in [0.2, 0.25) is 0 Å². The van der Waals surface area contributed by atoms with Gasteiger partial charge >= 0.3 is 47.6 Å². The molecule has 2 nitrogen and oxygen atoms in total. The van der Waals surface area contributed by atoms with Crippen molar-refractivity contribution >= 4 is 15.9 Å². The minimum atomic E-state index is -8.66. The van der Waals surface area contributed by atoms with Gasteiger partial charge in [0, 0.05) is 4.47 Å². The van der Waals surface area contributed by atoms with Crippen molar-refractivity contribution < 1.29 is 74.6 Å². The number of nitrogens with one attached hydrogen (secondary N) is 2. The summed E-state index contributed by atoms with van der Waals surface area (Å²) < 4.78 is 228. The fourth-order valence-electron chi connectivity index (χ4n) is 2.64. The van der Waals surface area contributed by atoms with E-state index in [4.69, 9.17) is 0 Å². The molecule has 0 radical (unpaired) electrons. The summed E-state index contributed by atoms with van der Waals surface area (Å²) in [6.07, 6.45) is -7.79. The Morgan fingerprint density at radius 3 is 1.11 bits per heavy atom. The number of hydrogen-bond acceptors (Lipinski definition) is 2. The Labute approximate surface area is 189 Å². The van der Waals surface area contributed by atoms with Crippen LogP contribution in [0.5, 0.6) is 0 Å². The number of hydrogen-bond donors (Lipinski definition) is 2. The molecule has 1 fully saturated rings. The molecular formula is C15H6BrF17N2. The third kappa shape index (κ3) is 3.59. The molecule has 0 bridgehead atoms. The molecule has 0 aromatic heterocycles. The summed E-state index contributed by atoms with van der Waals surface area (Å²) in [7, 11) is 0. The van der Waals surface area contributed by atoms with Crippen LogP contribution in [0.1, 0.15) is 5.56 Å². The quantitative estimate of drug-likeness (QED) is 0.252. The van der Waals surface area contributed by atoms with Crippen LogP contribution in [0, 0.1) is 0 Å². The molecule has 2 rings (SSSR count). The van der Waals surface area contributed by atoms with Gasteiger partial charge in [-0.15, -0.1) is 0 Å². The summed E-state index contributed by atoms with van der Waals surface area (Å²) in [6, 6.07) is 2.66. The van der Waals surface area contributed by atoms with Gasteiger partial charge in [0.25, 0.3) is 0 Å². The predicted molar refractivity (Wildman–Crippen MR) is 82.8 cm³/mol. The number of benzene rings is 1. The Bertz CT molecular complexity index is 949. The molecule has 1 aromatic rings. The van der Waals surface area contributed by atoms with E-state index in [1.165, 1.54) is 10.9 Å². The Hall–Kier alpha value is -1.57. The first-order valence-electron chi connectivity index (χ1n) is 8.22. The zero-order valence-corrected chi connectivity index (χ0v) is 17.2. The summed E-state index contributed by atoms with van der Waals surface area (Å²) in [5.74, 6) is -56.8. The maximum Gasteiger partial charge on any atom is 0.460 e. The molecule has 20 heteroatoms. The molecule has 1 aliphatic heterocycles. The number of hydrazine groups is 1. The smallest absolute Gasteiger partial charge is 0.225 e. The normalized spacial score (nSPS) is 18.6. The van der Waals surface area contributed by atoms with Gasteiger partial charge in [0.05, 0.1) is 0 Å². The molecule has 1 heterocycles. The van der Waals surface area contributed by atoms with Crippen LogP contribution in [0.2, 0.25) is 0 Å². The monoisotopic (exact) mass is 616 g/mol. The van der Waals surface area contributed by atoms with Crippen LogP contribution in [-0.4, -0.2) is 47.6 Å². The van der Waals surface area contributed by atoms with Crippen LogP contribution in [-0.2, 0) is 5.66 Å². The Kier molecular flexibility index (Phi) is 6.54. The van der Waals surface area contributed by atoms with E-state index < -0.39 is 58.9 Å². The SMILES string of the molecule is FC(F)(F)C(F)(F)C(F)(F)C(F)(F)C(F)(F)C(F)(F)C(F)(F)C(F)(F)C1(c2ccc(Br)cc2)NN1. The molecule has 0 aliphatic carbocycles. The zero-order valence-electron chi connectivity index (χ0n) is 15.6. The maximum absolute atomic E-state index is 14.5. The number of rotatable bonds is 8. The van der Waals surface area contributed by atoms with Gasteiger partial charge in [-0.2, -0.15) is 74.6 Å². The van der Waals surface area contributed by atoms with E-state index in [2.05, 4.69) is 15.9 Å². The second-order valence-electron chi connectivity index (χ2n) is 7.03. The molecule has 35 heavy (non-hydrogen) atoms. The third-order valence-electron chi connectivity index (χ3n) is 4.85. The summed E-state index contributed by atoms with van der Waals surface area (Å²) in [5.41, 5.74) is -2.65. The molecule has 2 N–H and O–H groups in total. The topological polar surface area (TPSA) is 43.9 Å². The lowest BCUT2D eigenvalue weighted by Crippen LogP contribution is -2.75. The number of alkyl halides is 17. The van der Waals surface area contributed by atoms with Crippen LogP contribution in [0.4, 0.5) is 74.6 Å². The first kappa shape index (κ1) is 29.7. The van der Waals surface area contributed by atoms with Crippen molar-refractivity contribution in [1.29, 1.82) is 0 Å². The van der Waals surface area contributed by atoms with Gasteiger partial charge < -0.3 is 0 Å². The zero-order chi connectivity index (χ0) is 27.9. The van der Waals surface area contributed by atoms with E-state index in [0.29, 0.717) is 12.1 Å². The van der Waals surface area contributed by atoms with Gasteiger partial charge in [-0.3, -0.25) is 0 Å². The number of halogens is 18. The van der Waals surface area contributed by atoms with Crippen molar-refractivity contribution in [2.75, 3.05) is 0 Å². The molecule has 0 unspecified atom stereocenters. The highest BCUT2D eigenvalue weighted by molar-refractivity contribution is 9.10. The Morgan fingerprint density at radius 1 is 0.486 bits per heavy atom. The standard InChI is InChI=1S/C15H6BrF17N2/c16-6-3-1-5(2-4-6)7(34-35-7)8(17,18)9(19,20)10(21,22)11(23,24)12(25,26)13(27,28)14(29,30)15(31,32)33/h1-4,34-35H. The lowest BCUT2D eigenvalue weighted by Gasteiger charge is -2.43. The summed E-state index contributed by atoms with van der Waals surface area (Å²) in [4.78, 5) is 0.